The van der Waals surface area contributed by atoms with E-state index in [9.17, 15) is 18.0 Å². The Morgan fingerprint density at radius 3 is 2.24 bits per heavy atom. The Bertz CT molecular complexity index is 427. The second-order valence-corrected chi connectivity index (χ2v) is 4.99. The van der Waals surface area contributed by atoms with Crippen LogP contribution in [0, 0.1) is 0 Å². The molecule has 3 nitrogen and oxygen atoms in total. The zero-order chi connectivity index (χ0) is 13.4. The largest absolute Gasteiger partial charge is 0.450 e. The first-order valence-electron chi connectivity index (χ1n) is 5.15. The van der Waals surface area contributed by atoms with E-state index in [1.165, 1.54) is 11.7 Å². The molecule has 1 aromatic heterocycles. The van der Waals surface area contributed by atoms with Gasteiger partial charge in [-0.15, -0.1) is 0 Å². The summed E-state index contributed by atoms with van der Waals surface area (Å²) in [5, 5.41) is 4.11. The summed E-state index contributed by atoms with van der Waals surface area (Å²) in [6.07, 6.45) is -5.45. The van der Waals surface area contributed by atoms with Gasteiger partial charge in [0.1, 0.15) is 0 Å². The highest BCUT2D eigenvalue weighted by molar-refractivity contribution is 5.85. The standard InChI is InChI=1S/C11H15F3N2O/c1-10(2,3)8-5-7(16(4)15-8)6-9(17)11(12,13)14/h5H,6H2,1-4H3. The monoisotopic (exact) mass is 248 g/mol. The predicted molar refractivity (Wildman–Crippen MR) is 56.7 cm³/mol. The van der Waals surface area contributed by atoms with E-state index in [2.05, 4.69) is 5.10 Å². The van der Waals surface area contributed by atoms with E-state index in [4.69, 9.17) is 0 Å². The van der Waals surface area contributed by atoms with Crippen LogP contribution in [0.15, 0.2) is 6.07 Å². The Morgan fingerprint density at radius 1 is 1.35 bits per heavy atom. The summed E-state index contributed by atoms with van der Waals surface area (Å²) in [4.78, 5) is 10.9. The van der Waals surface area contributed by atoms with Crippen LogP contribution >= 0.6 is 0 Å². The van der Waals surface area contributed by atoms with Crippen molar-refractivity contribution in [3.8, 4) is 0 Å². The zero-order valence-electron chi connectivity index (χ0n) is 10.2. The van der Waals surface area contributed by atoms with E-state index in [0.717, 1.165) is 0 Å². The normalized spacial score (nSPS) is 12.9. The third-order valence-corrected chi connectivity index (χ3v) is 2.40. The van der Waals surface area contributed by atoms with Crippen LogP contribution in [-0.4, -0.2) is 21.7 Å². The minimum atomic E-state index is -4.79. The van der Waals surface area contributed by atoms with Crippen molar-refractivity contribution in [3.63, 3.8) is 0 Å². The molecule has 0 aliphatic carbocycles. The minimum absolute atomic E-state index is 0.253. The molecule has 1 rings (SSSR count). The maximum Gasteiger partial charge on any atom is 0.450 e. The summed E-state index contributed by atoms with van der Waals surface area (Å²) >= 11 is 0. The van der Waals surface area contributed by atoms with Crippen LogP contribution in [0.25, 0.3) is 0 Å². The molecule has 0 aliphatic heterocycles. The Morgan fingerprint density at radius 2 is 1.88 bits per heavy atom. The second-order valence-electron chi connectivity index (χ2n) is 4.99. The van der Waals surface area contributed by atoms with Crippen molar-refractivity contribution in [1.82, 2.24) is 9.78 Å². The number of alkyl halides is 3. The summed E-state index contributed by atoms with van der Waals surface area (Å²) in [6.45, 7) is 5.72. The van der Waals surface area contributed by atoms with E-state index < -0.39 is 18.4 Å². The molecular formula is C11H15F3N2O. The number of rotatable bonds is 2. The van der Waals surface area contributed by atoms with Crippen LogP contribution in [0.3, 0.4) is 0 Å². The number of carbonyl (C=O) groups is 1. The minimum Gasteiger partial charge on any atom is -0.289 e. The Labute approximate surface area is 97.6 Å². The molecule has 0 amide bonds. The lowest BCUT2D eigenvalue weighted by atomic mass is 9.92. The number of nitrogens with zero attached hydrogens (tertiary/aromatic N) is 2. The third kappa shape index (κ3) is 3.31. The SMILES string of the molecule is Cn1nc(C(C)(C)C)cc1CC(=O)C(F)(F)F. The van der Waals surface area contributed by atoms with Gasteiger partial charge in [0.15, 0.2) is 0 Å². The van der Waals surface area contributed by atoms with Gasteiger partial charge in [0.25, 0.3) is 0 Å². The summed E-state index contributed by atoms with van der Waals surface area (Å²) in [6, 6.07) is 1.55. The van der Waals surface area contributed by atoms with Crippen molar-refractivity contribution in [2.45, 2.75) is 38.8 Å². The van der Waals surface area contributed by atoms with E-state index in [-0.39, 0.29) is 11.1 Å². The molecule has 0 radical (unpaired) electrons. The summed E-state index contributed by atoms with van der Waals surface area (Å²) in [5.41, 5.74) is 0.694. The molecule has 0 aromatic carbocycles. The average Bonchev–Trinajstić information content (AvgIpc) is 2.45. The van der Waals surface area contributed by atoms with Crippen LogP contribution in [0.4, 0.5) is 13.2 Å². The van der Waals surface area contributed by atoms with E-state index in [1.807, 2.05) is 20.8 Å². The predicted octanol–water partition coefficient (Wildman–Crippen LogP) is 2.39. The number of aryl methyl sites for hydroxylation is 1. The van der Waals surface area contributed by atoms with E-state index in [1.54, 1.807) is 6.07 Å². The fourth-order valence-electron chi connectivity index (χ4n) is 1.30. The first kappa shape index (κ1) is 13.7. The lowest BCUT2D eigenvalue weighted by molar-refractivity contribution is -0.170. The van der Waals surface area contributed by atoms with Crippen molar-refractivity contribution in [2.24, 2.45) is 7.05 Å². The quantitative estimate of drug-likeness (QED) is 0.805. The number of ketones is 1. The Hall–Kier alpha value is -1.33. The maximum absolute atomic E-state index is 12.1. The van der Waals surface area contributed by atoms with Crippen molar-refractivity contribution in [2.75, 3.05) is 0 Å². The van der Waals surface area contributed by atoms with Gasteiger partial charge >= 0.3 is 6.18 Å². The Balaban J connectivity index is 2.94. The zero-order valence-corrected chi connectivity index (χ0v) is 10.2. The first-order valence-corrected chi connectivity index (χ1v) is 5.15. The number of halogens is 3. The lowest BCUT2D eigenvalue weighted by Gasteiger charge is -2.13. The number of carbonyl (C=O) groups excluding carboxylic acids is 1. The molecule has 1 heterocycles. The molecule has 1 aromatic rings. The molecule has 6 heteroatoms. The molecule has 0 unspecified atom stereocenters. The van der Waals surface area contributed by atoms with Crippen LogP contribution < -0.4 is 0 Å². The number of hydrogen-bond acceptors (Lipinski definition) is 2. The van der Waals surface area contributed by atoms with Crippen molar-refractivity contribution >= 4 is 5.78 Å². The van der Waals surface area contributed by atoms with Crippen LogP contribution in [0.1, 0.15) is 32.2 Å². The maximum atomic E-state index is 12.1. The fourth-order valence-corrected chi connectivity index (χ4v) is 1.30. The van der Waals surface area contributed by atoms with Gasteiger partial charge in [0.2, 0.25) is 5.78 Å². The van der Waals surface area contributed by atoms with Crippen molar-refractivity contribution < 1.29 is 18.0 Å². The topological polar surface area (TPSA) is 34.9 Å². The molecule has 17 heavy (non-hydrogen) atoms. The second kappa shape index (κ2) is 4.16. The van der Waals surface area contributed by atoms with Crippen molar-refractivity contribution in [3.05, 3.63) is 17.5 Å². The van der Waals surface area contributed by atoms with Gasteiger partial charge in [-0.25, -0.2) is 0 Å². The smallest absolute Gasteiger partial charge is 0.289 e. The van der Waals surface area contributed by atoms with Gasteiger partial charge < -0.3 is 0 Å². The van der Waals surface area contributed by atoms with Gasteiger partial charge in [-0.2, -0.15) is 18.3 Å². The Kier molecular flexibility index (Phi) is 3.36. The van der Waals surface area contributed by atoms with Crippen molar-refractivity contribution in [1.29, 1.82) is 0 Å². The van der Waals surface area contributed by atoms with Crippen LogP contribution in [-0.2, 0) is 23.7 Å². The van der Waals surface area contributed by atoms with Gasteiger partial charge in [-0.1, -0.05) is 20.8 Å². The number of aromatic nitrogens is 2. The first-order chi connectivity index (χ1) is 7.51. The molecular weight excluding hydrogens is 233 g/mol. The molecule has 0 aliphatic rings. The summed E-state index contributed by atoms with van der Waals surface area (Å²) in [5.74, 6) is -1.75. The summed E-state index contributed by atoms with van der Waals surface area (Å²) in [7, 11) is 1.54. The fraction of sp³-hybridized carbons (Fsp3) is 0.636. The molecule has 0 fully saturated rings. The number of Topliss-reactive ketones (excluding diaryl/α,β-unsaturated/α-hetero) is 1. The highest BCUT2D eigenvalue weighted by Crippen LogP contribution is 2.23. The molecule has 0 bridgehead atoms. The molecule has 0 saturated carbocycles. The molecule has 0 atom stereocenters. The number of hydrogen-bond donors (Lipinski definition) is 0. The lowest BCUT2D eigenvalue weighted by Crippen LogP contribution is -2.25. The molecule has 96 valence electrons. The van der Waals surface area contributed by atoms with Gasteiger partial charge in [0, 0.05) is 18.2 Å². The molecule has 0 spiro atoms. The van der Waals surface area contributed by atoms with E-state index in [0.29, 0.717) is 5.69 Å². The summed E-state index contributed by atoms with van der Waals surface area (Å²) < 4.78 is 37.7. The third-order valence-electron chi connectivity index (χ3n) is 2.40. The van der Waals surface area contributed by atoms with Crippen LogP contribution in [0.2, 0.25) is 0 Å². The highest BCUT2D eigenvalue weighted by atomic mass is 19.4. The highest BCUT2D eigenvalue weighted by Gasteiger charge is 2.38. The van der Waals surface area contributed by atoms with Gasteiger partial charge in [-0.3, -0.25) is 9.48 Å². The average molecular weight is 248 g/mol. The van der Waals surface area contributed by atoms with Crippen LogP contribution in [0.5, 0.6) is 0 Å². The molecule has 0 N–H and O–H groups in total. The molecule has 0 saturated heterocycles. The van der Waals surface area contributed by atoms with E-state index >= 15 is 0 Å². The van der Waals surface area contributed by atoms with Gasteiger partial charge in [0.05, 0.1) is 12.1 Å². The van der Waals surface area contributed by atoms with Gasteiger partial charge in [-0.05, 0) is 6.07 Å².